The van der Waals surface area contributed by atoms with Crippen molar-refractivity contribution in [3.05, 3.63) is 35.6 Å². The lowest BCUT2D eigenvalue weighted by molar-refractivity contribution is -0.186. The van der Waals surface area contributed by atoms with E-state index in [4.69, 9.17) is 9.47 Å². The Morgan fingerprint density at radius 2 is 1.91 bits per heavy atom. The van der Waals surface area contributed by atoms with Gasteiger partial charge in [0.05, 0.1) is 19.8 Å². The van der Waals surface area contributed by atoms with Crippen LogP contribution in [0.4, 0.5) is 4.39 Å². The summed E-state index contributed by atoms with van der Waals surface area (Å²) in [7, 11) is 1.71. The molecule has 2 heterocycles. The van der Waals surface area contributed by atoms with Crippen LogP contribution in [0, 0.1) is 5.82 Å². The molecule has 0 radical (unpaired) electrons. The number of hydrogen-bond donors (Lipinski definition) is 0. The summed E-state index contributed by atoms with van der Waals surface area (Å²) in [5.74, 6) is -0.696. The lowest BCUT2D eigenvalue weighted by atomic mass is 10.0. The zero-order valence-corrected chi connectivity index (χ0v) is 13.5. The molecule has 2 saturated heterocycles. The summed E-state index contributed by atoms with van der Waals surface area (Å²) in [5.41, 5.74) is 0.536. The largest absolute Gasteiger partial charge is 0.347 e. The SMILES string of the molecule is CN(Cc1ccccc1F)C(=O)CN1CCC2(CC1)OCCO2. The van der Waals surface area contributed by atoms with E-state index >= 15 is 0 Å². The molecule has 1 spiro atoms. The lowest BCUT2D eigenvalue weighted by Crippen LogP contribution is -2.48. The predicted molar refractivity (Wildman–Crippen MR) is 83.2 cm³/mol. The van der Waals surface area contributed by atoms with Gasteiger partial charge in [-0.25, -0.2) is 4.39 Å². The Labute approximate surface area is 136 Å². The van der Waals surface area contributed by atoms with Crippen LogP contribution >= 0.6 is 0 Å². The van der Waals surface area contributed by atoms with Gasteiger partial charge < -0.3 is 14.4 Å². The molecule has 0 bridgehead atoms. The fraction of sp³-hybridized carbons (Fsp3) is 0.588. The molecule has 2 fully saturated rings. The molecule has 23 heavy (non-hydrogen) atoms. The van der Waals surface area contributed by atoms with Gasteiger partial charge >= 0.3 is 0 Å². The monoisotopic (exact) mass is 322 g/mol. The fourth-order valence-electron chi connectivity index (χ4n) is 3.12. The molecule has 1 amide bonds. The van der Waals surface area contributed by atoms with Crippen LogP contribution in [0.3, 0.4) is 0 Å². The van der Waals surface area contributed by atoms with E-state index in [1.54, 1.807) is 30.1 Å². The molecule has 2 aliphatic rings. The number of amides is 1. The van der Waals surface area contributed by atoms with Crippen LogP contribution in [0.25, 0.3) is 0 Å². The highest BCUT2D eigenvalue weighted by atomic mass is 19.1. The number of carbonyl (C=O) groups excluding carboxylic acids is 1. The van der Waals surface area contributed by atoms with Crippen molar-refractivity contribution in [2.75, 3.05) is 39.9 Å². The Hall–Kier alpha value is -1.50. The summed E-state index contributed by atoms with van der Waals surface area (Å²) in [5, 5.41) is 0. The molecule has 0 N–H and O–H groups in total. The zero-order chi connectivity index (χ0) is 16.3. The van der Waals surface area contributed by atoms with E-state index in [9.17, 15) is 9.18 Å². The first kappa shape index (κ1) is 16.4. The molecule has 2 aliphatic heterocycles. The molecule has 0 saturated carbocycles. The summed E-state index contributed by atoms with van der Waals surface area (Å²) >= 11 is 0. The van der Waals surface area contributed by atoms with Crippen molar-refractivity contribution in [3.63, 3.8) is 0 Å². The smallest absolute Gasteiger partial charge is 0.236 e. The standard InChI is InChI=1S/C17H23FN2O3/c1-19(12-14-4-2-3-5-15(14)18)16(21)13-20-8-6-17(7-9-20)22-10-11-23-17/h2-5H,6-13H2,1H3. The Bertz CT molecular complexity index is 551. The summed E-state index contributed by atoms with van der Waals surface area (Å²) in [6, 6.07) is 6.55. The third-order valence-corrected chi connectivity index (χ3v) is 4.58. The van der Waals surface area contributed by atoms with E-state index in [-0.39, 0.29) is 18.3 Å². The van der Waals surface area contributed by atoms with Crippen LogP contribution in [0.2, 0.25) is 0 Å². The molecule has 5 nitrogen and oxygen atoms in total. The van der Waals surface area contributed by atoms with Gasteiger partial charge in [-0.2, -0.15) is 0 Å². The summed E-state index contributed by atoms with van der Waals surface area (Å²) in [6.45, 7) is 3.50. The molecular formula is C17H23FN2O3. The van der Waals surface area contributed by atoms with Gasteiger partial charge in [0.25, 0.3) is 0 Å². The Kier molecular flexibility index (Phi) is 4.94. The highest BCUT2D eigenvalue weighted by Gasteiger charge is 2.40. The van der Waals surface area contributed by atoms with Gasteiger partial charge in [-0.05, 0) is 6.07 Å². The van der Waals surface area contributed by atoms with Crippen LogP contribution in [0.15, 0.2) is 24.3 Å². The predicted octanol–water partition coefficient (Wildman–Crippen LogP) is 1.62. The topological polar surface area (TPSA) is 42.0 Å². The average Bonchev–Trinajstić information content (AvgIpc) is 3.00. The average molecular weight is 322 g/mol. The number of carbonyl (C=O) groups is 1. The normalized spacial score (nSPS) is 20.8. The number of ether oxygens (including phenoxy) is 2. The van der Waals surface area contributed by atoms with Crippen molar-refractivity contribution in [3.8, 4) is 0 Å². The molecule has 0 atom stereocenters. The molecule has 1 aromatic carbocycles. The number of benzene rings is 1. The molecule has 6 heteroatoms. The third kappa shape index (κ3) is 3.88. The molecule has 3 rings (SSSR count). The van der Waals surface area contributed by atoms with Crippen molar-refractivity contribution in [2.45, 2.75) is 25.2 Å². The van der Waals surface area contributed by atoms with Crippen molar-refractivity contribution in [2.24, 2.45) is 0 Å². The van der Waals surface area contributed by atoms with Gasteiger partial charge in [-0.15, -0.1) is 0 Å². The van der Waals surface area contributed by atoms with Gasteiger partial charge in [-0.3, -0.25) is 9.69 Å². The highest BCUT2D eigenvalue weighted by Crippen LogP contribution is 2.31. The van der Waals surface area contributed by atoms with Gasteiger partial charge in [0.1, 0.15) is 5.82 Å². The number of nitrogens with zero attached hydrogens (tertiary/aromatic N) is 2. The minimum atomic E-state index is -0.418. The number of likely N-dealkylation sites (N-methyl/N-ethyl adjacent to an activating group) is 1. The first-order valence-corrected chi connectivity index (χ1v) is 8.06. The molecule has 0 aromatic heterocycles. The maximum Gasteiger partial charge on any atom is 0.236 e. The number of hydrogen-bond acceptors (Lipinski definition) is 4. The number of likely N-dealkylation sites (tertiary alicyclic amines) is 1. The van der Waals surface area contributed by atoms with Crippen LogP contribution in [0.5, 0.6) is 0 Å². The quantitative estimate of drug-likeness (QED) is 0.845. The van der Waals surface area contributed by atoms with Crippen molar-refractivity contribution in [1.29, 1.82) is 0 Å². The zero-order valence-electron chi connectivity index (χ0n) is 13.5. The molecule has 0 aliphatic carbocycles. The molecular weight excluding hydrogens is 299 g/mol. The van der Waals surface area contributed by atoms with Gasteiger partial charge in [-0.1, -0.05) is 18.2 Å². The van der Waals surface area contributed by atoms with Crippen molar-refractivity contribution < 1.29 is 18.7 Å². The van der Waals surface area contributed by atoms with E-state index < -0.39 is 5.79 Å². The number of halogens is 1. The lowest BCUT2D eigenvalue weighted by Gasteiger charge is -2.37. The number of rotatable bonds is 4. The Morgan fingerprint density at radius 3 is 2.57 bits per heavy atom. The van der Waals surface area contributed by atoms with E-state index in [0.29, 0.717) is 25.3 Å². The minimum absolute atomic E-state index is 0.00235. The van der Waals surface area contributed by atoms with Gasteiger partial charge in [0.15, 0.2) is 5.79 Å². The fourth-order valence-corrected chi connectivity index (χ4v) is 3.12. The maximum absolute atomic E-state index is 13.7. The van der Waals surface area contributed by atoms with E-state index in [1.807, 2.05) is 0 Å². The molecule has 1 aromatic rings. The first-order chi connectivity index (χ1) is 11.1. The maximum atomic E-state index is 13.7. The number of piperidine rings is 1. The van der Waals surface area contributed by atoms with Crippen molar-refractivity contribution in [1.82, 2.24) is 9.80 Å². The van der Waals surface area contributed by atoms with E-state index in [0.717, 1.165) is 25.9 Å². The van der Waals surface area contributed by atoms with Crippen LogP contribution < -0.4 is 0 Å². The summed E-state index contributed by atoms with van der Waals surface area (Å²) < 4.78 is 25.0. The second-order valence-electron chi connectivity index (χ2n) is 6.22. The molecule has 126 valence electrons. The summed E-state index contributed by atoms with van der Waals surface area (Å²) in [4.78, 5) is 16.0. The van der Waals surface area contributed by atoms with E-state index in [1.165, 1.54) is 6.07 Å². The van der Waals surface area contributed by atoms with E-state index in [2.05, 4.69) is 4.90 Å². The van der Waals surface area contributed by atoms with Gasteiger partial charge in [0, 0.05) is 45.1 Å². The van der Waals surface area contributed by atoms with Crippen molar-refractivity contribution >= 4 is 5.91 Å². The first-order valence-electron chi connectivity index (χ1n) is 8.06. The minimum Gasteiger partial charge on any atom is -0.347 e. The Morgan fingerprint density at radius 1 is 1.26 bits per heavy atom. The van der Waals surface area contributed by atoms with Gasteiger partial charge in [0.2, 0.25) is 5.91 Å². The Balaban J connectivity index is 1.48. The van der Waals surface area contributed by atoms with Crippen LogP contribution in [-0.4, -0.2) is 61.4 Å². The molecule has 0 unspecified atom stereocenters. The third-order valence-electron chi connectivity index (χ3n) is 4.58. The highest BCUT2D eigenvalue weighted by molar-refractivity contribution is 5.78. The second-order valence-corrected chi connectivity index (χ2v) is 6.22. The summed E-state index contributed by atoms with van der Waals surface area (Å²) in [6.07, 6.45) is 1.58. The van der Waals surface area contributed by atoms with Crippen LogP contribution in [-0.2, 0) is 20.8 Å². The second kappa shape index (κ2) is 6.95. The van der Waals surface area contributed by atoms with Crippen LogP contribution in [0.1, 0.15) is 18.4 Å².